The van der Waals surface area contributed by atoms with Crippen LogP contribution in [0, 0.1) is 23.0 Å². The molecule has 0 bridgehead atoms. The van der Waals surface area contributed by atoms with E-state index >= 15 is 0 Å². The Morgan fingerprint density at radius 3 is 2.86 bits per heavy atom. The number of nitrogens with zero attached hydrogens (tertiary/aromatic N) is 3. The van der Waals surface area contributed by atoms with Crippen molar-refractivity contribution in [3.8, 4) is 5.75 Å². The van der Waals surface area contributed by atoms with Gasteiger partial charge in [-0.2, -0.15) is 4.98 Å². The lowest BCUT2D eigenvalue weighted by Gasteiger charge is -2.05. The van der Waals surface area contributed by atoms with Gasteiger partial charge in [-0.05, 0) is 24.5 Å². The average Bonchev–Trinajstić information content (AvgIpc) is 2.82. The lowest BCUT2D eigenvalue weighted by atomic mass is 10.1. The Labute approximate surface area is 122 Å². The van der Waals surface area contributed by atoms with Gasteiger partial charge in [0.05, 0.1) is 4.92 Å². The van der Waals surface area contributed by atoms with Crippen molar-refractivity contribution >= 4 is 5.69 Å². The zero-order valence-corrected chi connectivity index (χ0v) is 12.2. The van der Waals surface area contributed by atoms with E-state index in [0.29, 0.717) is 24.1 Å². The van der Waals surface area contributed by atoms with E-state index < -0.39 is 4.92 Å². The summed E-state index contributed by atoms with van der Waals surface area (Å²) in [5.74, 6) is 1.54. The van der Waals surface area contributed by atoms with Gasteiger partial charge in [0.1, 0.15) is 0 Å². The van der Waals surface area contributed by atoms with Gasteiger partial charge in [0.2, 0.25) is 0 Å². The number of hydrogen-bond donors (Lipinski definition) is 0. The van der Waals surface area contributed by atoms with Crippen LogP contribution in [-0.4, -0.2) is 15.1 Å². The van der Waals surface area contributed by atoms with Gasteiger partial charge in [-0.15, -0.1) is 0 Å². The normalized spacial score (nSPS) is 10.9. The van der Waals surface area contributed by atoms with Crippen molar-refractivity contribution in [3.63, 3.8) is 0 Å². The predicted molar refractivity (Wildman–Crippen MR) is 75.0 cm³/mol. The monoisotopic (exact) mass is 291 g/mol. The minimum atomic E-state index is -0.479. The van der Waals surface area contributed by atoms with Crippen molar-refractivity contribution in [1.82, 2.24) is 10.1 Å². The topological polar surface area (TPSA) is 91.3 Å². The molecule has 7 heteroatoms. The largest absolute Gasteiger partial charge is 0.477 e. The molecule has 0 aliphatic rings. The number of rotatable bonds is 6. The molecule has 2 rings (SSSR count). The maximum atomic E-state index is 10.9. The minimum absolute atomic E-state index is 0.00931. The second kappa shape index (κ2) is 6.34. The van der Waals surface area contributed by atoms with Crippen molar-refractivity contribution in [2.24, 2.45) is 5.92 Å². The summed E-state index contributed by atoms with van der Waals surface area (Å²) in [5, 5.41) is 14.8. The summed E-state index contributed by atoms with van der Waals surface area (Å²) in [5.41, 5.74) is 0.796. The number of nitro benzene ring substituents is 1. The molecule has 0 atom stereocenters. The number of aromatic nitrogens is 2. The molecule has 0 N–H and O–H groups in total. The van der Waals surface area contributed by atoms with Crippen molar-refractivity contribution in [2.75, 3.05) is 0 Å². The Balaban J connectivity index is 2.07. The Kier molecular flexibility index (Phi) is 4.52. The second-order valence-corrected chi connectivity index (χ2v) is 5.22. The first-order valence-corrected chi connectivity index (χ1v) is 6.65. The van der Waals surface area contributed by atoms with Gasteiger partial charge in [-0.3, -0.25) is 10.1 Å². The van der Waals surface area contributed by atoms with Crippen molar-refractivity contribution in [2.45, 2.75) is 33.8 Å². The highest BCUT2D eigenvalue weighted by Gasteiger charge is 2.16. The van der Waals surface area contributed by atoms with E-state index in [9.17, 15) is 10.1 Å². The van der Waals surface area contributed by atoms with Crippen LogP contribution in [0.2, 0.25) is 0 Å². The summed E-state index contributed by atoms with van der Waals surface area (Å²) < 4.78 is 10.5. The fourth-order valence-electron chi connectivity index (χ4n) is 1.82. The lowest BCUT2D eigenvalue weighted by Crippen LogP contribution is -2.01. The number of benzene rings is 1. The van der Waals surface area contributed by atoms with Crippen LogP contribution >= 0.6 is 0 Å². The number of ether oxygens (including phenoxy) is 1. The van der Waals surface area contributed by atoms with E-state index in [4.69, 9.17) is 9.26 Å². The molecule has 0 spiro atoms. The Morgan fingerprint density at radius 1 is 1.43 bits per heavy atom. The maximum Gasteiger partial charge on any atom is 0.310 e. The third-order valence-corrected chi connectivity index (χ3v) is 2.76. The van der Waals surface area contributed by atoms with Crippen LogP contribution in [0.1, 0.15) is 31.1 Å². The molecule has 0 saturated carbocycles. The van der Waals surface area contributed by atoms with E-state index in [-0.39, 0.29) is 18.0 Å². The third kappa shape index (κ3) is 4.01. The minimum Gasteiger partial charge on any atom is -0.477 e. The summed E-state index contributed by atoms with van der Waals surface area (Å²) in [6.45, 7) is 5.96. The molecule has 0 saturated heterocycles. The van der Waals surface area contributed by atoms with Crippen molar-refractivity contribution < 1.29 is 14.2 Å². The second-order valence-electron chi connectivity index (χ2n) is 5.22. The Hall–Kier alpha value is -2.44. The smallest absolute Gasteiger partial charge is 0.310 e. The van der Waals surface area contributed by atoms with E-state index in [1.807, 2.05) is 6.92 Å². The molecule has 0 unspecified atom stereocenters. The van der Waals surface area contributed by atoms with Crippen LogP contribution in [0.3, 0.4) is 0 Å². The highest BCUT2D eigenvalue weighted by molar-refractivity contribution is 5.48. The summed E-state index contributed by atoms with van der Waals surface area (Å²) >= 11 is 0. The van der Waals surface area contributed by atoms with Gasteiger partial charge in [0.15, 0.2) is 18.2 Å². The van der Waals surface area contributed by atoms with Crippen molar-refractivity contribution in [3.05, 3.63) is 45.6 Å². The first-order chi connectivity index (χ1) is 9.95. The summed E-state index contributed by atoms with van der Waals surface area (Å²) in [6.07, 6.45) is 0.716. The standard InChI is InChI=1S/C14H17N3O4/c1-9(2)6-13-15-14(21-16-13)8-20-12-7-10(3)4-5-11(12)17(18)19/h4-5,7,9H,6,8H2,1-3H3. The highest BCUT2D eigenvalue weighted by atomic mass is 16.6. The molecular formula is C14H17N3O4. The van der Waals surface area contributed by atoms with Gasteiger partial charge in [-0.1, -0.05) is 25.1 Å². The lowest BCUT2D eigenvalue weighted by molar-refractivity contribution is -0.386. The Morgan fingerprint density at radius 2 is 2.19 bits per heavy atom. The molecule has 0 radical (unpaired) electrons. The molecule has 1 aromatic carbocycles. The molecule has 1 aromatic heterocycles. The third-order valence-electron chi connectivity index (χ3n) is 2.76. The molecule has 2 aromatic rings. The van der Waals surface area contributed by atoms with Gasteiger partial charge in [0.25, 0.3) is 5.89 Å². The summed E-state index contributed by atoms with van der Waals surface area (Å²) in [4.78, 5) is 14.7. The average molecular weight is 291 g/mol. The molecule has 21 heavy (non-hydrogen) atoms. The van der Waals surface area contributed by atoms with Crippen LogP contribution in [0.25, 0.3) is 0 Å². The first-order valence-electron chi connectivity index (χ1n) is 6.65. The molecule has 7 nitrogen and oxygen atoms in total. The number of aryl methyl sites for hydroxylation is 1. The molecule has 0 fully saturated rings. The van der Waals surface area contributed by atoms with E-state index in [1.165, 1.54) is 6.07 Å². The van der Waals surface area contributed by atoms with Gasteiger partial charge >= 0.3 is 5.69 Å². The zero-order chi connectivity index (χ0) is 15.4. The van der Waals surface area contributed by atoms with E-state index in [1.54, 1.807) is 12.1 Å². The molecule has 0 aliphatic heterocycles. The quantitative estimate of drug-likeness (QED) is 0.600. The van der Waals surface area contributed by atoms with Crippen LogP contribution in [0.5, 0.6) is 5.75 Å². The van der Waals surface area contributed by atoms with Crippen LogP contribution in [-0.2, 0) is 13.0 Å². The predicted octanol–water partition coefficient (Wildman–Crippen LogP) is 3.06. The zero-order valence-electron chi connectivity index (χ0n) is 12.2. The van der Waals surface area contributed by atoms with E-state index in [0.717, 1.165) is 5.56 Å². The molecule has 0 amide bonds. The first kappa shape index (κ1) is 15.0. The number of hydrogen-bond acceptors (Lipinski definition) is 6. The summed E-state index contributed by atoms with van der Waals surface area (Å²) in [6, 6.07) is 4.70. The highest BCUT2D eigenvalue weighted by Crippen LogP contribution is 2.28. The van der Waals surface area contributed by atoms with Gasteiger partial charge in [0, 0.05) is 12.5 Å². The Bertz CT molecular complexity index is 637. The molecule has 112 valence electrons. The van der Waals surface area contributed by atoms with Crippen LogP contribution in [0.4, 0.5) is 5.69 Å². The SMILES string of the molecule is Cc1ccc([N+](=O)[O-])c(OCc2nc(CC(C)C)no2)c1. The van der Waals surface area contributed by atoms with E-state index in [2.05, 4.69) is 24.0 Å². The maximum absolute atomic E-state index is 10.9. The van der Waals surface area contributed by atoms with Gasteiger partial charge in [-0.25, -0.2) is 0 Å². The van der Waals surface area contributed by atoms with Crippen molar-refractivity contribution in [1.29, 1.82) is 0 Å². The molecule has 0 aliphatic carbocycles. The number of nitro groups is 1. The van der Waals surface area contributed by atoms with Crippen LogP contribution < -0.4 is 4.74 Å². The fraction of sp³-hybridized carbons (Fsp3) is 0.429. The van der Waals surface area contributed by atoms with Gasteiger partial charge < -0.3 is 9.26 Å². The molecule has 1 heterocycles. The molecular weight excluding hydrogens is 274 g/mol. The fourth-order valence-corrected chi connectivity index (χ4v) is 1.82. The summed E-state index contributed by atoms with van der Waals surface area (Å²) in [7, 11) is 0. The van der Waals surface area contributed by atoms with Crippen LogP contribution in [0.15, 0.2) is 22.7 Å².